The van der Waals surface area contributed by atoms with Crippen LogP contribution in [-0.2, 0) is 29.1 Å². The molecule has 0 aliphatic heterocycles. The predicted octanol–water partition coefficient (Wildman–Crippen LogP) is 1.86. The Kier molecular flexibility index (Phi) is 4.61. The Balaban J connectivity index is 2.11. The maximum absolute atomic E-state index is 11.7. The molecule has 0 heterocycles. The quantitative estimate of drug-likeness (QED) is 0.752. The maximum atomic E-state index is 11.7. The van der Waals surface area contributed by atoms with Gasteiger partial charge in [0.05, 0.1) is 6.61 Å². The van der Waals surface area contributed by atoms with Gasteiger partial charge in [0.2, 0.25) is 0 Å². The Morgan fingerprint density at radius 1 is 0.714 bits per heavy atom. The lowest BCUT2D eigenvalue weighted by Gasteiger charge is -2.08. The standard InChI is InChI=1S/C13H12O6S2/c14-20(15,18-11-12-7-3-1-4-8-12)21(16,17)19-13-9-5-2-6-10-13/h1-10H,11H2. The van der Waals surface area contributed by atoms with Gasteiger partial charge in [-0.1, -0.05) is 48.5 Å². The van der Waals surface area contributed by atoms with Crippen molar-refractivity contribution in [3.63, 3.8) is 0 Å². The van der Waals surface area contributed by atoms with Crippen molar-refractivity contribution in [3.8, 4) is 5.75 Å². The van der Waals surface area contributed by atoms with Crippen LogP contribution in [0.25, 0.3) is 0 Å². The summed E-state index contributed by atoms with van der Waals surface area (Å²) < 4.78 is 55.8. The lowest BCUT2D eigenvalue weighted by atomic mass is 10.2. The molecule has 0 unspecified atom stereocenters. The molecule has 0 atom stereocenters. The lowest BCUT2D eigenvalue weighted by Crippen LogP contribution is -2.23. The molecule has 21 heavy (non-hydrogen) atoms. The van der Waals surface area contributed by atoms with E-state index in [1.165, 1.54) is 24.3 Å². The minimum absolute atomic E-state index is 0.107. The number of rotatable bonds is 6. The van der Waals surface area contributed by atoms with Gasteiger partial charge in [0, 0.05) is 0 Å². The van der Waals surface area contributed by atoms with Gasteiger partial charge in [-0.25, -0.2) is 0 Å². The van der Waals surface area contributed by atoms with Crippen LogP contribution in [0.2, 0.25) is 0 Å². The smallest absolute Gasteiger partial charge is 0.370 e. The van der Waals surface area contributed by atoms with Crippen LogP contribution in [0.1, 0.15) is 5.56 Å². The fraction of sp³-hybridized carbons (Fsp3) is 0.0769. The largest absolute Gasteiger partial charge is 0.444 e. The van der Waals surface area contributed by atoms with E-state index in [9.17, 15) is 16.8 Å². The van der Waals surface area contributed by atoms with Gasteiger partial charge in [-0.05, 0) is 17.7 Å². The number of hydrogen-bond donors (Lipinski definition) is 0. The molecular weight excluding hydrogens is 316 g/mol. The topological polar surface area (TPSA) is 86.7 Å². The van der Waals surface area contributed by atoms with Crippen molar-refractivity contribution < 1.29 is 25.2 Å². The molecule has 112 valence electrons. The SMILES string of the molecule is O=S(=O)(OCc1ccccc1)S(=O)(=O)Oc1ccccc1. The molecule has 0 aromatic heterocycles. The highest BCUT2D eigenvalue weighted by molar-refractivity contribution is 8.63. The molecule has 0 bridgehead atoms. The third-order valence-electron chi connectivity index (χ3n) is 2.40. The average molecular weight is 328 g/mol. The van der Waals surface area contributed by atoms with Crippen LogP contribution in [0.3, 0.4) is 0 Å². The van der Waals surface area contributed by atoms with E-state index < -0.39 is 18.3 Å². The van der Waals surface area contributed by atoms with Gasteiger partial charge >= 0.3 is 18.3 Å². The normalized spacial score (nSPS) is 12.0. The Labute approximate surface area is 122 Å². The van der Waals surface area contributed by atoms with E-state index in [2.05, 4.69) is 8.37 Å². The van der Waals surface area contributed by atoms with Gasteiger partial charge in [-0.15, -0.1) is 0 Å². The van der Waals surface area contributed by atoms with Gasteiger partial charge < -0.3 is 4.18 Å². The zero-order valence-corrected chi connectivity index (χ0v) is 12.4. The first-order valence-corrected chi connectivity index (χ1v) is 9.17. The van der Waals surface area contributed by atoms with Gasteiger partial charge in [-0.3, -0.25) is 4.18 Å². The van der Waals surface area contributed by atoms with E-state index in [1.807, 2.05) is 0 Å². The minimum atomic E-state index is -4.93. The first kappa shape index (κ1) is 15.5. The van der Waals surface area contributed by atoms with Crippen molar-refractivity contribution in [3.05, 3.63) is 66.2 Å². The van der Waals surface area contributed by atoms with E-state index >= 15 is 0 Å². The summed E-state index contributed by atoms with van der Waals surface area (Å²) in [6.45, 7) is -0.388. The van der Waals surface area contributed by atoms with E-state index in [-0.39, 0.29) is 12.4 Å². The maximum Gasteiger partial charge on any atom is 0.444 e. The van der Waals surface area contributed by atoms with Crippen molar-refractivity contribution >= 4 is 18.3 Å². The second kappa shape index (κ2) is 6.25. The van der Waals surface area contributed by atoms with Crippen LogP contribution in [0.15, 0.2) is 60.7 Å². The van der Waals surface area contributed by atoms with Crippen molar-refractivity contribution in [1.29, 1.82) is 0 Å². The molecule has 0 aliphatic carbocycles. The molecule has 2 aromatic carbocycles. The molecule has 2 rings (SSSR count). The van der Waals surface area contributed by atoms with E-state index in [1.54, 1.807) is 36.4 Å². The van der Waals surface area contributed by atoms with Crippen LogP contribution in [0.5, 0.6) is 5.75 Å². The average Bonchev–Trinajstić information content (AvgIpc) is 2.47. The summed E-state index contributed by atoms with van der Waals surface area (Å²) in [5.41, 5.74) is 0.524. The second-order valence-electron chi connectivity index (χ2n) is 3.96. The first-order valence-electron chi connectivity index (χ1n) is 5.83. The molecule has 0 amide bonds. The molecule has 0 saturated heterocycles. The molecule has 6 nitrogen and oxygen atoms in total. The van der Waals surface area contributed by atoms with E-state index in [0.29, 0.717) is 5.56 Å². The van der Waals surface area contributed by atoms with Gasteiger partial charge in [0.15, 0.2) is 0 Å². The van der Waals surface area contributed by atoms with Crippen molar-refractivity contribution in [2.24, 2.45) is 0 Å². The van der Waals surface area contributed by atoms with Gasteiger partial charge in [-0.2, -0.15) is 16.8 Å². The third-order valence-corrected chi connectivity index (χ3v) is 5.70. The highest BCUT2D eigenvalue weighted by Gasteiger charge is 2.33. The Bertz CT molecular complexity index is 783. The molecule has 0 saturated carbocycles. The summed E-state index contributed by atoms with van der Waals surface area (Å²) in [7, 11) is -9.84. The minimum Gasteiger partial charge on any atom is -0.370 e. The van der Waals surface area contributed by atoms with Crippen LogP contribution in [0.4, 0.5) is 0 Å². The molecule has 0 N–H and O–H groups in total. The fourth-order valence-corrected chi connectivity index (χ4v) is 3.22. The van der Waals surface area contributed by atoms with E-state index in [0.717, 1.165) is 0 Å². The summed E-state index contributed by atoms with van der Waals surface area (Å²) in [6.07, 6.45) is 0. The monoisotopic (exact) mass is 328 g/mol. The Morgan fingerprint density at radius 3 is 1.81 bits per heavy atom. The molecule has 0 aliphatic rings. The second-order valence-corrected chi connectivity index (χ2v) is 8.45. The third kappa shape index (κ3) is 4.03. The predicted molar refractivity (Wildman–Crippen MR) is 76.1 cm³/mol. The fourth-order valence-electron chi connectivity index (χ4n) is 1.41. The zero-order chi connectivity index (χ0) is 15.3. The van der Waals surface area contributed by atoms with E-state index in [4.69, 9.17) is 0 Å². The lowest BCUT2D eigenvalue weighted by molar-refractivity contribution is 0.314. The van der Waals surface area contributed by atoms with Gasteiger partial charge in [0.25, 0.3) is 0 Å². The summed E-state index contributed by atoms with van der Waals surface area (Å²) in [4.78, 5) is 0. The molecule has 0 spiro atoms. The first-order chi connectivity index (χ1) is 9.91. The Hall–Kier alpha value is -1.90. The molecular formula is C13H12O6S2. The Morgan fingerprint density at radius 2 is 1.24 bits per heavy atom. The number of benzene rings is 2. The highest BCUT2D eigenvalue weighted by Crippen LogP contribution is 2.17. The number of hydrogen-bond acceptors (Lipinski definition) is 6. The van der Waals surface area contributed by atoms with Crippen molar-refractivity contribution in [2.75, 3.05) is 0 Å². The molecule has 8 heteroatoms. The summed E-state index contributed by atoms with van der Waals surface area (Å²) in [6, 6.07) is 15.6. The highest BCUT2D eigenvalue weighted by atomic mass is 33.2. The van der Waals surface area contributed by atoms with Crippen molar-refractivity contribution in [1.82, 2.24) is 0 Å². The van der Waals surface area contributed by atoms with Crippen molar-refractivity contribution in [2.45, 2.75) is 6.61 Å². The molecule has 0 fully saturated rings. The summed E-state index contributed by atoms with van der Waals surface area (Å²) >= 11 is 0. The summed E-state index contributed by atoms with van der Waals surface area (Å²) in [5.74, 6) is -0.107. The van der Waals surface area contributed by atoms with Crippen LogP contribution in [-0.4, -0.2) is 16.8 Å². The van der Waals surface area contributed by atoms with Crippen LogP contribution >= 0.6 is 0 Å². The molecule has 2 aromatic rings. The summed E-state index contributed by atoms with van der Waals surface area (Å²) in [5, 5.41) is 0. The van der Waals surface area contributed by atoms with Crippen LogP contribution < -0.4 is 4.18 Å². The van der Waals surface area contributed by atoms with Gasteiger partial charge in [0.1, 0.15) is 5.75 Å². The zero-order valence-electron chi connectivity index (χ0n) is 10.7. The molecule has 0 radical (unpaired) electrons. The van der Waals surface area contributed by atoms with Crippen LogP contribution in [0, 0.1) is 0 Å². The number of para-hydroxylation sites is 1.